The predicted molar refractivity (Wildman–Crippen MR) is 139 cm³/mol. The van der Waals surface area contributed by atoms with Gasteiger partial charge >= 0.3 is 5.69 Å². The molecule has 188 valence electrons. The third kappa shape index (κ3) is 3.77. The molecule has 2 aliphatic heterocycles. The molecule has 4 aromatic rings. The number of pyridine rings is 2. The second-order valence-electron chi connectivity index (χ2n) is 10.2. The molecule has 8 nitrogen and oxygen atoms in total. The molecule has 36 heavy (non-hydrogen) atoms. The summed E-state index contributed by atoms with van der Waals surface area (Å²) in [5, 5.41) is 0.754. The number of hydrogen-bond acceptors (Lipinski definition) is 6. The Morgan fingerprint density at radius 2 is 2.00 bits per heavy atom. The topological polar surface area (TPSA) is 68.4 Å². The first-order valence-electron chi connectivity index (χ1n) is 12.6. The Hall–Kier alpha value is -3.30. The lowest BCUT2D eigenvalue weighted by atomic mass is 10.0. The SMILES string of the molecule is CN(C)[C@@H]1CCN(c2ccc(-c3cc4c(cc3F)ncc3c4n([C@@H]4CCCOC4)c(=O)n3C)cn2)C1. The van der Waals surface area contributed by atoms with Crippen molar-refractivity contribution >= 4 is 27.8 Å². The van der Waals surface area contributed by atoms with E-state index in [1.165, 1.54) is 6.07 Å². The Labute approximate surface area is 208 Å². The van der Waals surface area contributed by atoms with Crippen LogP contribution in [0.1, 0.15) is 25.3 Å². The monoisotopic (exact) mass is 490 g/mol. The molecule has 2 atom stereocenters. The Bertz CT molecular complexity index is 1490. The second kappa shape index (κ2) is 8.97. The van der Waals surface area contributed by atoms with Crippen LogP contribution in [0, 0.1) is 5.82 Å². The summed E-state index contributed by atoms with van der Waals surface area (Å²) in [5.74, 6) is 0.547. The zero-order valence-electron chi connectivity index (χ0n) is 20.9. The Balaban J connectivity index is 1.44. The number of nitrogens with zero attached hydrogens (tertiary/aromatic N) is 6. The van der Waals surface area contributed by atoms with Crippen LogP contribution < -0.4 is 10.6 Å². The molecule has 0 radical (unpaired) electrons. The summed E-state index contributed by atoms with van der Waals surface area (Å²) in [7, 11) is 5.96. The van der Waals surface area contributed by atoms with Gasteiger partial charge in [0.1, 0.15) is 11.6 Å². The molecule has 5 heterocycles. The van der Waals surface area contributed by atoms with Gasteiger partial charge in [0.05, 0.1) is 35.4 Å². The molecule has 0 N–H and O–H groups in total. The summed E-state index contributed by atoms with van der Waals surface area (Å²) in [6.07, 6.45) is 6.27. The fourth-order valence-electron chi connectivity index (χ4n) is 5.64. The lowest BCUT2D eigenvalue weighted by molar-refractivity contribution is 0.0593. The highest BCUT2D eigenvalue weighted by molar-refractivity contribution is 6.04. The molecule has 2 saturated heterocycles. The third-order valence-corrected chi connectivity index (χ3v) is 7.78. The number of ether oxygens (including phenoxy) is 1. The van der Waals surface area contributed by atoms with E-state index < -0.39 is 0 Å². The van der Waals surface area contributed by atoms with Crippen LogP contribution in [-0.2, 0) is 11.8 Å². The number of aromatic nitrogens is 4. The fourth-order valence-corrected chi connectivity index (χ4v) is 5.64. The van der Waals surface area contributed by atoms with Crippen molar-refractivity contribution in [3.8, 4) is 11.1 Å². The maximum Gasteiger partial charge on any atom is 0.329 e. The highest BCUT2D eigenvalue weighted by Gasteiger charge is 2.26. The molecular formula is C27H31FN6O2. The molecular weight excluding hydrogens is 459 g/mol. The maximum absolute atomic E-state index is 15.3. The van der Waals surface area contributed by atoms with E-state index in [2.05, 4.69) is 33.9 Å². The molecule has 2 fully saturated rings. The van der Waals surface area contributed by atoms with E-state index in [0.29, 0.717) is 35.9 Å². The molecule has 9 heteroatoms. The van der Waals surface area contributed by atoms with Gasteiger partial charge in [-0.1, -0.05) is 0 Å². The number of halogens is 1. The number of likely N-dealkylation sites (N-methyl/N-ethyl adjacent to an activating group) is 1. The van der Waals surface area contributed by atoms with Crippen LogP contribution in [0.15, 0.2) is 41.5 Å². The van der Waals surface area contributed by atoms with Gasteiger partial charge in [-0.25, -0.2) is 14.2 Å². The van der Waals surface area contributed by atoms with Crippen molar-refractivity contribution < 1.29 is 9.13 Å². The van der Waals surface area contributed by atoms with Crippen molar-refractivity contribution in [2.45, 2.75) is 31.3 Å². The van der Waals surface area contributed by atoms with Crippen LogP contribution in [0.2, 0.25) is 0 Å². The number of aryl methyl sites for hydroxylation is 1. The highest BCUT2D eigenvalue weighted by Crippen LogP contribution is 2.33. The normalized spacial score (nSPS) is 20.8. The van der Waals surface area contributed by atoms with Gasteiger partial charge in [-0.3, -0.25) is 14.1 Å². The van der Waals surface area contributed by atoms with E-state index >= 15 is 4.39 Å². The zero-order valence-corrected chi connectivity index (χ0v) is 20.9. The minimum atomic E-state index is -0.358. The highest BCUT2D eigenvalue weighted by atomic mass is 19.1. The van der Waals surface area contributed by atoms with Crippen molar-refractivity contribution in [2.75, 3.05) is 45.3 Å². The first-order chi connectivity index (χ1) is 17.4. The molecule has 6 rings (SSSR count). The fraction of sp³-hybridized carbons (Fsp3) is 0.444. The molecule has 0 spiro atoms. The van der Waals surface area contributed by atoms with Crippen molar-refractivity contribution in [3.05, 3.63) is 53.0 Å². The Morgan fingerprint density at radius 3 is 2.69 bits per heavy atom. The standard InChI is InChI=1S/C27H31FN6O2/c1-31(2)18-8-9-33(15-18)25-7-6-17(13-30-25)20-11-21-23(12-22(20)28)29-14-24-26(21)34(27(35)32(24)3)19-5-4-10-36-16-19/h6-7,11-14,18-19H,4-5,8-10,15-16H2,1-3H3/t18-,19-/m1/s1. The van der Waals surface area contributed by atoms with E-state index in [-0.39, 0.29) is 17.5 Å². The number of rotatable bonds is 4. The van der Waals surface area contributed by atoms with Gasteiger partial charge in [-0.05, 0) is 51.6 Å². The lowest BCUT2D eigenvalue weighted by Crippen LogP contribution is -2.31. The molecule has 0 bridgehead atoms. The summed E-state index contributed by atoms with van der Waals surface area (Å²) in [6, 6.07) is 7.62. The van der Waals surface area contributed by atoms with Crippen LogP contribution in [-0.4, -0.2) is 70.4 Å². The van der Waals surface area contributed by atoms with E-state index in [4.69, 9.17) is 4.74 Å². The second-order valence-corrected chi connectivity index (χ2v) is 10.2. The summed E-state index contributed by atoms with van der Waals surface area (Å²) in [6.45, 7) is 3.10. The average molecular weight is 491 g/mol. The Kier molecular flexibility index (Phi) is 5.76. The van der Waals surface area contributed by atoms with Crippen molar-refractivity contribution in [1.29, 1.82) is 0 Å². The summed E-state index contributed by atoms with van der Waals surface area (Å²) in [4.78, 5) is 26.9. The molecule has 0 aliphatic carbocycles. The molecule has 0 unspecified atom stereocenters. The summed E-state index contributed by atoms with van der Waals surface area (Å²) >= 11 is 0. The minimum Gasteiger partial charge on any atom is -0.379 e. The molecule has 0 amide bonds. The van der Waals surface area contributed by atoms with Crippen molar-refractivity contribution in [1.82, 2.24) is 24.0 Å². The van der Waals surface area contributed by atoms with Gasteiger partial charge in [0, 0.05) is 61.6 Å². The number of anilines is 1. The molecule has 2 aliphatic rings. The quantitative estimate of drug-likeness (QED) is 0.436. The maximum atomic E-state index is 15.3. The molecule has 1 aromatic carbocycles. The first-order valence-corrected chi connectivity index (χ1v) is 12.6. The molecule has 0 saturated carbocycles. The van der Waals surface area contributed by atoms with Gasteiger partial charge in [-0.15, -0.1) is 0 Å². The Morgan fingerprint density at radius 1 is 1.14 bits per heavy atom. The zero-order chi connectivity index (χ0) is 25.0. The van der Waals surface area contributed by atoms with Crippen LogP contribution in [0.25, 0.3) is 33.1 Å². The van der Waals surface area contributed by atoms with Crippen LogP contribution >= 0.6 is 0 Å². The van der Waals surface area contributed by atoms with E-state index in [1.807, 2.05) is 22.8 Å². The number of imidazole rings is 1. The summed E-state index contributed by atoms with van der Waals surface area (Å²) < 4.78 is 24.4. The summed E-state index contributed by atoms with van der Waals surface area (Å²) in [5.41, 5.74) is 3.08. The largest absolute Gasteiger partial charge is 0.379 e. The molecule has 3 aromatic heterocycles. The van der Waals surface area contributed by atoms with Crippen molar-refractivity contribution in [3.63, 3.8) is 0 Å². The van der Waals surface area contributed by atoms with Crippen LogP contribution in [0.4, 0.5) is 10.2 Å². The number of hydrogen-bond donors (Lipinski definition) is 0. The van der Waals surface area contributed by atoms with Gasteiger partial charge < -0.3 is 14.5 Å². The van der Waals surface area contributed by atoms with Crippen LogP contribution in [0.3, 0.4) is 0 Å². The smallest absolute Gasteiger partial charge is 0.329 e. The first kappa shape index (κ1) is 23.1. The lowest BCUT2D eigenvalue weighted by Gasteiger charge is -2.23. The minimum absolute atomic E-state index is 0.0542. The number of benzene rings is 1. The van der Waals surface area contributed by atoms with Gasteiger partial charge in [0.15, 0.2) is 0 Å². The van der Waals surface area contributed by atoms with E-state index in [0.717, 1.165) is 54.6 Å². The van der Waals surface area contributed by atoms with Gasteiger partial charge in [-0.2, -0.15) is 0 Å². The predicted octanol–water partition coefficient (Wildman–Crippen LogP) is 3.58. The van der Waals surface area contributed by atoms with Crippen molar-refractivity contribution in [2.24, 2.45) is 7.05 Å². The number of fused-ring (bicyclic) bond motifs is 3. The van der Waals surface area contributed by atoms with Crippen LogP contribution in [0.5, 0.6) is 0 Å². The van der Waals surface area contributed by atoms with Gasteiger partial charge in [0.2, 0.25) is 0 Å². The average Bonchev–Trinajstić information content (AvgIpc) is 3.48. The van der Waals surface area contributed by atoms with E-state index in [9.17, 15) is 4.79 Å². The third-order valence-electron chi connectivity index (χ3n) is 7.78. The van der Waals surface area contributed by atoms with Gasteiger partial charge in [0.25, 0.3) is 0 Å². The van der Waals surface area contributed by atoms with E-state index in [1.54, 1.807) is 24.0 Å².